The van der Waals surface area contributed by atoms with Crippen LogP contribution in [-0.4, -0.2) is 38.4 Å². The van der Waals surface area contributed by atoms with Crippen molar-refractivity contribution in [3.8, 4) is 0 Å². The van der Waals surface area contributed by atoms with E-state index in [1.807, 2.05) is 0 Å². The van der Waals surface area contributed by atoms with Crippen molar-refractivity contribution < 1.29 is 13.2 Å². The Balaban J connectivity index is 4.22. The van der Waals surface area contributed by atoms with Crippen molar-refractivity contribution in [2.75, 3.05) is 12.8 Å². The molecule has 0 aromatic rings. The summed E-state index contributed by atoms with van der Waals surface area (Å²) in [5.41, 5.74) is 5.30. The monoisotopic (exact) mass is 222 g/mol. The van der Waals surface area contributed by atoms with E-state index in [0.29, 0.717) is 13.0 Å². The molecule has 0 aliphatic rings. The van der Waals surface area contributed by atoms with Gasteiger partial charge in [0, 0.05) is 12.3 Å². The van der Waals surface area contributed by atoms with Gasteiger partial charge in [-0.1, -0.05) is 0 Å². The molecule has 5 nitrogen and oxygen atoms in total. The van der Waals surface area contributed by atoms with E-state index >= 15 is 0 Å². The van der Waals surface area contributed by atoms with Gasteiger partial charge in [0.05, 0.1) is 0 Å². The summed E-state index contributed by atoms with van der Waals surface area (Å²) in [7, 11) is -3.31. The van der Waals surface area contributed by atoms with E-state index in [4.69, 9.17) is 5.73 Å². The first-order valence-electron chi connectivity index (χ1n) is 4.48. The van der Waals surface area contributed by atoms with Crippen molar-refractivity contribution in [1.29, 1.82) is 0 Å². The van der Waals surface area contributed by atoms with Crippen molar-refractivity contribution in [2.24, 2.45) is 5.73 Å². The zero-order valence-electron chi connectivity index (χ0n) is 8.78. The third-order valence-electron chi connectivity index (χ3n) is 2.00. The maximum atomic E-state index is 11.3. The number of hydrogen-bond acceptors (Lipinski definition) is 4. The van der Waals surface area contributed by atoms with E-state index in [0.717, 1.165) is 6.26 Å². The van der Waals surface area contributed by atoms with Crippen LogP contribution in [0.1, 0.15) is 20.3 Å². The van der Waals surface area contributed by atoms with Gasteiger partial charge in [-0.2, -0.15) is 0 Å². The summed E-state index contributed by atoms with van der Waals surface area (Å²) in [4.78, 5) is 11.3. The molecule has 6 heteroatoms. The number of sulfone groups is 1. The SMILES string of the molecule is CC(CCN)NC(=O)C(C)S(C)(=O)=O. The molecule has 0 aliphatic carbocycles. The molecule has 0 rings (SSSR count). The topological polar surface area (TPSA) is 89.3 Å². The Bertz CT molecular complexity index is 287. The predicted molar refractivity (Wildman–Crippen MR) is 55.6 cm³/mol. The highest BCUT2D eigenvalue weighted by atomic mass is 32.2. The van der Waals surface area contributed by atoms with Crippen LogP contribution < -0.4 is 11.1 Å². The first-order valence-corrected chi connectivity index (χ1v) is 6.43. The lowest BCUT2D eigenvalue weighted by molar-refractivity contribution is -0.121. The van der Waals surface area contributed by atoms with Crippen LogP contribution in [-0.2, 0) is 14.6 Å². The van der Waals surface area contributed by atoms with Gasteiger partial charge in [-0.3, -0.25) is 4.79 Å². The van der Waals surface area contributed by atoms with Crippen molar-refractivity contribution in [2.45, 2.75) is 31.6 Å². The van der Waals surface area contributed by atoms with Crippen molar-refractivity contribution in [1.82, 2.24) is 5.32 Å². The highest BCUT2D eigenvalue weighted by molar-refractivity contribution is 7.92. The molecule has 0 bridgehead atoms. The van der Waals surface area contributed by atoms with Gasteiger partial charge in [0.15, 0.2) is 9.84 Å². The second-order valence-corrected chi connectivity index (χ2v) is 5.82. The third kappa shape index (κ3) is 4.57. The predicted octanol–water partition coefficient (Wildman–Crippen LogP) is -0.727. The van der Waals surface area contributed by atoms with Crippen LogP contribution in [0.4, 0.5) is 0 Å². The third-order valence-corrected chi connectivity index (χ3v) is 3.50. The first kappa shape index (κ1) is 13.4. The van der Waals surface area contributed by atoms with E-state index < -0.39 is 21.0 Å². The van der Waals surface area contributed by atoms with Crippen LogP contribution >= 0.6 is 0 Å². The number of carbonyl (C=O) groups is 1. The van der Waals surface area contributed by atoms with E-state index in [-0.39, 0.29) is 6.04 Å². The normalized spacial score (nSPS) is 16.0. The molecule has 0 saturated carbocycles. The number of carbonyl (C=O) groups excluding carboxylic acids is 1. The Morgan fingerprint density at radius 3 is 2.29 bits per heavy atom. The minimum Gasteiger partial charge on any atom is -0.352 e. The van der Waals surface area contributed by atoms with Gasteiger partial charge < -0.3 is 11.1 Å². The molecule has 84 valence electrons. The fraction of sp³-hybridized carbons (Fsp3) is 0.875. The van der Waals surface area contributed by atoms with Crippen molar-refractivity contribution >= 4 is 15.7 Å². The van der Waals surface area contributed by atoms with Gasteiger partial charge in [-0.25, -0.2) is 8.42 Å². The van der Waals surface area contributed by atoms with Crippen molar-refractivity contribution in [3.05, 3.63) is 0 Å². The standard InChI is InChI=1S/C8H18N2O3S/c1-6(4-5-9)10-8(11)7(2)14(3,12)13/h6-7H,4-5,9H2,1-3H3,(H,10,11). The van der Waals surface area contributed by atoms with Crippen LogP contribution in [0, 0.1) is 0 Å². The smallest absolute Gasteiger partial charge is 0.238 e. The van der Waals surface area contributed by atoms with Crippen LogP contribution in [0.25, 0.3) is 0 Å². The molecule has 3 N–H and O–H groups in total. The van der Waals surface area contributed by atoms with Crippen molar-refractivity contribution in [3.63, 3.8) is 0 Å². The van der Waals surface area contributed by atoms with Gasteiger partial charge in [0.25, 0.3) is 0 Å². The molecule has 0 aliphatic heterocycles. The molecular formula is C8H18N2O3S. The lowest BCUT2D eigenvalue weighted by Crippen LogP contribution is -2.42. The second kappa shape index (κ2) is 5.31. The highest BCUT2D eigenvalue weighted by Gasteiger charge is 2.24. The van der Waals surface area contributed by atoms with Crippen LogP contribution in [0.3, 0.4) is 0 Å². The zero-order chi connectivity index (χ0) is 11.4. The lowest BCUT2D eigenvalue weighted by atomic mass is 10.2. The average molecular weight is 222 g/mol. The van der Waals surface area contributed by atoms with Gasteiger partial charge in [0.1, 0.15) is 5.25 Å². The molecule has 2 unspecified atom stereocenters. The summed E-state index contributed by atoms with van der Waals surface area (Å²) in [6.07, 6.45) is 1.69. The molecule has 2 atom stereocenters. The zero-order valence-corrected chi connectivity index (χ0v) is 9.60. The fourth-order valence-electron chi connectivity index (χ4n) is 0.877. The Labute approximate surface area is 85.0 Å². The van der Waals surface area contributed by atoms with Crippen LogP contribution in [0.5, 0.6) is 0 Å². The minimum absolute atomic E-state index is 0.0864. The Kier molecular flexibility index (Phi) is 5.07. The number of nitrogens with one attached hydrogen (secondary N) is 1. The molecule has 0 saturated heterocycles. The number of nitrogens with two attached hydrogens (primary N) is 1. The van der Waals surface area contributed by atoms with Gasteiger partial charge in [0.2, 0.25) is 5.91 Å². The highest BCUT2D eigenvalue weighted by Crippen LogP contribution is 1.99. The van der Waals surface area contributed by atoms with Crippen LogP contribution in [0.15, 0.2) is 0 Å². The van der Waals surface area contributed by atoms with E-state index in [2.05, 4.69) is 5.32 Å². The van der Waals surface area contributed by atoms with Gasteiger partial charge >= 0.3 is 0 Å². The largest absolute Gasteiger partial charge is 0.352 e. The summed E-state index contributed by atoms with van der Waals surface area (Å²) in [6.45, 7) is 3.63. The first-order chi connectivity index (χ1) is 6.29. The molecule has 0 aromatic heterocycles. The number of rotatable bonds is 5. The van der Waals surface area contributed by atoms with Crippen LogP contribution in [0.2, 0.25) is 0 Å². The lowest BCUT2D eigenvalue weighted by Gasteiger charge is -2.15. The Hall–Kier alpha value is -0.620. The molecule has 14 heavy (non-hydrogen) atoms. The molecule has 0 fully saturated rings. The molecule has 0 heterocycles. The van der Waals surface area contributed by atoms with E-state index in [1.165, 1.54) is 6.92 Å². The summed E-state index contributed by atoms with van der Waals surface area (Å²) < 4.78 is 22.1. The summed E-state index contributed by atoms with van der Waals surface area (Å²) >= 11 is 0. The quantitative estimate of drug-likeness (QED) is 0.642. The maximum Gasteiger partial charge on any atom is 0.238 e. The van der Waals surface area contributed by atoms with E-state index in [9.17, 15) is 13.2 Å². The summed E-state index contributed by atoms with van der Waals surface area (Å²) in [6, 6.07) is -0.0864. The number of amides is 1. The number of hydrogen-bond donors (Lipinski definition) is 2. The molecule has 0 spiro atoms. The molecule has 1 amide bonds. The average Bonchev–Trinajstić information content (AvgIpc) is 2.01. The van der Waals surface area contributed by atoms with Gasteiger partial charge in [-0.15, -0.1) is 0 Å². The Morgan fingerprint density at radius 1 is 1.43 bits per heavy atom. The fourth-order valence-corrected chi connectivity index (χ4v) is 1.33. The molecule has 0 radical (unpaired) electrons. The summed E-state index contributed by atoms with van der Waals surface area (Å²) in [5.74, 6) is -0.464. The maximum absolute atomic E-state index is 11.3. The molecule has 0 aromatic carbocycles. The Morgan fingerprint density at radius 2 is 1.93 bits per heavy atom. The second-order valence-electron chi connectivity index (χ2n) is 3.46. The van der Waals surface area contributed by atoms with E-state index in [1.54, 1.807) is 6.92 Å². The van der Waals surface area contributed by atoms with Gasteiger partial charge in [-0.05, 0) is 26.8 Å². The summed E-state index contributed by atoms with van der Waals surface area (Å²) in [5, 5.41) is 1.59. The molecular weight excluding hydrogens is 204 g/mol. The minimum atomic E-state index is -3.31.